The molecule has 0 bridgehead atoms. The van der Waals surface area contributed by atoms with Gasteiger partial charge in [-0.1, -0.05) is 6.92 Å². The molecule has 7 heteroatoms. The number of aryl methyl sites for hydroxylation is 2. The minimum Gasteiger partial charge on any atom is -0.465 e. The van der Waals surface area contributed by atoms with Gasteiger partial charge in [-0.25, -0.2) is 9.31 Å². The smallest absolute Gasteiger partial charge is 0.407 e. The number of amides is 1. The Labute approximate surface area is 140 Å². The Hall–Kier alpha value is -2.44. The molecule has 2 fully saturated rings. The number of hydrogen-bond acceptors (Lipinski definition) is 4. The molecule has 2 aliphatic heterocycles. The second kappa shape index (κ2) is 5.03. The van der Waals surface area contributed by atoms with Gasteiger partial charge in [0.1, 0.15) is 0 Å². The van der Waals surface area contributed by atoms with Crippen LogP contribution in [0.1, 0.15) is 24.7 Å². The van der Waals surface area contributed by atoms with Gasteiger partial charge in [0.15, 0.2) is 0 Å². The molecule has 0 aromatic carbocycles. The van der Waals surface area contributed by atoms with E-state index in [1.54, 1.807) is 0 Å². The van der Waals surface area contributed by atoms with Crippen LogP contribution in [-0.4, -0.2) is 51.9 Å². The van der Waals surface area contributed by atoms with Crippen LogP contribution in [0.2, 0.25) is 0 Å². The minimum atomic E-state index is -0.810. The summed E-state index contributed by atoms with van der Waals surface area (Å²) in [6.07, 6.45) is 1.05. The van der Waals surface area contributed by atoms with Crippen molar-refractivity contribution in [2.24, 2.45) is 5.41 Å². The normalized spacial score (nSPS) is 19.2. The Morgan fingerprint density at radius 1 is 1.38 bits per heavy atom. The van der Waals surface area contributed by atoms with E-state index in [0.29, 0.717) is 13.1 Å². The Morgan fingerprint density at radius 3 is 2.79 bits per heavy atom. The molecule has 2 aliphatic rings. The van der Waals surface area contributed by atoms with Gasteiger partial charge in [0.2, 0.25) is 0 Å². The lowest BCUT2D eigenvalue weighted by molar-refractivity contribution is 0.0252. The summed E-state index contributed by atoms with van der Waals surface area (Å²) in [5.41, 5.74) is 11.3. The third kappa shape index (κ3) is 2.11. The maximum atomic E-state index is 11.0. The Morgan fingerprint density at radius 2 is 2.12 bits per heavy atom. The number of nitrogens with two attached hydrogens (primary N) is 1. The second-order valence-corrected chi connectivity index (χ2v) is 7.18. The molecule has 3 N–H and O–H groups in total. The molecule has 4 rings (SSSR count). The molecular weight excluding hydrogens is 306 g/mol. The minimum absolute atomic E-state index is 0.124. The van der Waals surface area contributed by atoms with Crippen molar-refractivity contribution in [3.63, 3.8) is 0 Å². The van der Waals surface area contributed by atoms with Gasteiger partial charge in [0.05, 0.1) is 16.9 Å². The van der Waals surface area contributed by atoms with Crippen LogP contribution < -0.4 is 10.6 Å². The number of hydrogen-bond donors (Lipinski definition) is 2. The van der Waals surface area contributed by atoms with E-state index in [0.717, 1.165) is 54.2 Å². The van der Waals surface area contributed by atoms with Gasteiger partial charge in [-0.15, -0.1) is 0 Å². The molecule has 7 nitrogen and oxygen atoms in total. The lowest BCUT2D eigenvalue weighted by atomic mass is 9.79. The second-order valence-electron chi connectivity index (χ2n) is 7.18. The molecule has 0 unspecified atom stereocenters. The van der Waals surface area contributed by atoms with E-state index < -0.39 is 6.09 Å². The highest BCUT2D eigenvalue weighted by molar-refractivity contribution is 5.76. The van der Waals surface area contributed by atoms with Gasteiger partial charge >= 0.3 is 6.09 Å². The highest BCUT2D eigenvalue weighted by Crippen LogP contribution is 2.41. The van der Waals surface area contributed by atoms with Gasteiger partial charge < -0.3 is 20.6 Å². The molecule has 2 aromatic rings. The van der Waals surface area contributed by atoms with Crippen LogP contribution in [0.15, 0.2) is 12.1 Å². The Bertz CT molecular complexity index is 822. The molecule has 1 amide bonds. The fraction of sp³-hybridized carbons (Fsp3) is 0.529. The van der Waals surface area contributed by atoms with Gasteiger partial charge in [-0.2, -0.15) is 5.10 Å². The number of nitrogens with zero attached hydrogens (tertiary/aromatic N) is 4. The number of anilines is 2. The van der Waals surface area contributed by atoms with Gasteiger partial charge in [-0.05, 0) is 31.9 Å². The summed E-state index contributed by atoms with van der Waals surface area (Å²) < 4.78 is 1.92. The fourth-order valence-electron chi connectivity index (χ4n) is 4.11. The van der Waals surface area contributed by atoms with Gasteiger partial charge in [0, 0.05) is 43.0 Å². The largest absolute Gasteiger partial charge is 0.465 e. The van der Waals surface area contributed by atoms with Crippen LogP contribution >= 0.6 is 0 Å². The lowest BCUT2D eigenvalue weighted by Gasteiger charge is -2.46. The van der Waals surface area contributed by atoms with E-state index in [-0.39, 0.29) is 5.41 Å². The molecule has 0 aliphatic carbocycles. The summed E-state index contributed by atoms with van der Waals surface area (Å²) in [5, 5.41) is 13.6. The average Bonchev–Trinajstić information content (AvgIpc) is 3.08. The molecule has 4 heterocycles. The summed E-state index contributed by atoms with van der Waals surface area (Å²) in [6, 6.07) is 4.26. The average molecular weight is 329 g/mol. The number of aromatic nitrogens is 2. The van der Waals surface area contributed by atoms with E-state index in [1.807, 2.05) is 11.4 Å². The zero-order valence-corrected chi connectivity index (χ0v) is 14.1. The topological polar surface area (TPSA) is 87.1 Å². The molecule has 0 atom stereocenters. The van der Waals surface area contributed by atoms with Crippen molar-refractivity contribution in [2.45, 2.75) is 26.7 Å². The Balaban J connectivity index is 1.61. The first-order valence-electron chi connectivity index (χ1n) is 8.43. The van der Waals surface area contributed by atoms with Crippen LogP contribution in [0.25, 0.3) is 5.52 Å². The maximum absolute atomic E-state index is 11.0. The number of likely N-dealkylation sites (tertiary alicyclic amines) is 1. The van der Waals surface area contributed by atoms with Crippen molar-refractivity contribution in [1.82, 2.24) is 14.5 Å². The third-order valence-electron chi connectivity index (χ3n) is 5.47. The predicted octanol–water partition coefficient (Wildman–Crippen LogP) is 1.98. The molecule has 1 spiro atoms. The van der Waals surface area contributed by atoms with E-state index in [2.05, 4.69) is 29.1 Å². The van der Waals surface area contributed by atoms with Crippen molar-refractivity contribution < 1.29 is 9.90 Å². The number of nitrogen functional groups attached to an aromatic ring is 1. The first-order valence-corrected chi connectivity index (χ1v) is 8.43. The van der Waals surface area contributed by atoms with Gasteiger partial charge in [-0.3, -0.25) is 0 Å². The third-order valence-corrected chi connectivity index (χ3v) is 5.47. The van der Waals surface area contributed by atoms with Crippen LogP contribution in [0, 0.1) is 12.3 Å². The summed E-state index contributed by atoms with van der Waals surface area (Å²) in [5.74, 6) is 0. The molecule has 2 aromatic heterocycles. The van der Waals surface area contributed by atoms with Crippen molar-refractivity contribution in [3.05, 3.63) is 23.5 Å². The zero-order chi connectivity index (χ0) is 17.1. The molecule has 128 valence electrons. The van der Waals surface area contributed by atoms with E-state index in [9.17, 15) is 4.79 Å². The number of pyridine rings is 1. The van der Waals surface area contributed by atoms with E-state index in [4.69, 9.17) is 10.8 Å². The van der Waals surface area contributed by atoms with Crippen LogP contribution in [0.5, 0.6) is 0 Å². The number of carboxylic acid groups (broad SMARTS) is 1. The summed E-state index contributed by atoms with van der Waals surface area (Å²) >= 11 is 0. The van der Waals surface area contributed by atoms with Crippen molar-refractivity contribution in [3.8, 4) is 0 Å². The molecule has 0 saturated carbocycles. The SMILES string of the molecule is CCc1nn2c(C)cc(N3CCC4(CN(C(=O)O)C4)C3)cc2c1N. The maximum Gasteiger partial charge on any atom is 0.407 e. The summed E-state index contributed by atoms with van der Waals surface area (Å²) in [6.45, 7) is 7.26. The molecule has 0 radical (unpaired) electrons. The van der Waals surface area contributed by atoms with Crippen molar-refractivity contribution in [1.29, 1.82) is 0 Å². The van der Waals surface area contributed by atoms with Crippen LogP contribution in [0.3, 0.4) is 0 Å². The number of rotatable bonds is 2. The Kier molecular flexibility index (Phi) is 3.16. The van der Waals surface area contributed by atoms with Crippen LogP contribution in [0.4, 0.5) is 16.2 Å². The number of carbonyl (C=O) groups is 1. The molecule has 2 saturated heterocycles. The highest BCUT2D eigenvalue weighted by atomic mass is 16.4. The number of fused-ring (bicyclic) bond motifs is 1. The summed E-state index contributed by atoms with van der Waals surface area (Å²) in [7, 11) is 0. The van der Waals surface area contributed by atoms with E-state index >= 15 is 0 Å². The molecule has 24 heavy (non-hydrogen) atoms. The first kappa shape index (κ1) is 15.1. The van der Waals surface area contributed by atoms with Crippen molar-refractivity contribution in [2.75, 3.05) is 36.8 Å². The quantitative estimate of drug-likeness (QED) is 0.880. The van der Waals surface area contributed by atoms with E-state index in [1.165, 1.54) is 4.90 Å². The zero-order valence-electron chi connectivity index (χ0n) is 14.1. The van der Waals surface area contributed by atoms with Crippen LogP contribution in [-0.2, 0) is 6.42 Å². The lowest BCUT2D eigenvalue weighted by Crippen LogP contribution is -2.59. The predicted molar refractivity (Wildman–Crippen MR) is 92.6 cm³/mol. The fourth-order valence-corrected chi connectivity index (χ4v) is 4.11. The standard InChI is InChI=1S/C17H23N5O2/c1-3-13-15(18)14-7-12(6-11(2)22(14)19-13)20-5-4-17(8-20)9-21(10-17)16(23)24/h6-7H,3-5,8-10,18H2,1-2H3,(H,23,24). The molecular formula is C17H23N5O2. The summed E-state index contributed by atoms with van der Waals surface area (Å²) in [4.78, 5) is 14.9. The monoisotopic (exact) mass is 329 g/mol. The first-order chi connectivity index (χ1) is 11.4. The van der Waals surface area contributed by atoms with Gasteiger partial charge in [0.25, 0.3) is 0 Å². The highest BCUT2D eigenvalue weighted by Gasteiger charge is 2.49. The van der Waals surface area contributed by atoms with Crippen molar-refractivity contribution >= 4 is 23.0 Å².